The van der Waals surface area contributed by atoms with Gasteiger partial charge in [-0.15, -0.1) is 0 Å². The second-order valence-electron chi connectivity index (χ2n) is 3.57. The van der Waals surface area contributed by atoms with Crippen molar-refractivity contribution in [3.63, 3.8) is 0 Å². The van der Waals surface area contributed by atoms with E-state index in [0.29, 0.717) is 12.3 Å². The molecule has 0 bridgehead atoms. The summed E-state index contributed by atoms with van der Waals surface area (Å²) in [5.41, 5.74) is 0.987. The van der Waals surface area contributed by atoms with Crippen LogP contribution >= 0.6 is 0 Å². The summed E-state index contributed by atoms with van der Waals surface area (Å²) in [5.74, 6) is 0.480. The van der Waals surface area contributed by atoms with Crippen molar-refractivity contribution in [3.05, 3.63) is 12.2 Å². The van der Waals surface area contributed by atoms with Crippen LogP contribution in [0.2, 0.25) is 0 Å². The third-order valence-electron chi connectivity index (χ3n) is 2.36. The number of nitrogens with one attached hydrogen (secondary N) is 1. The van der Waals surface area contributed by atoms with Crippen LogP contribution in [0.15, 0.2) is 12.2 Å². The van der Waals surface area contributed by atoms with Crippen molar-refractivity contribution in [1.29, 1.82) is 0 Å². The molecule has 3 nitrogen and oxygen atoms in total. The van der Waals surface area contributed by atoms with Gasteiger partial charge in [-0.1, -0.05) is 12.2 Å². The van der Waals surface area contributed by atoms with Gasteiger partial charge in [0.1, 0.15) is 0 Å². The normalized spacial score (nSPS) is 21.5. The maximum absolute atomic E-state index is 10.9. The Hall–Kier alpha value is -0.830. The van der Waals surface area contributed by atoms with Gasteiger partial charge in [-0.05, 0) is 31.8 Å². The number of hydrogen-bond acceptors (Lipinski definition) is 3. The molecule has 1 aliphatic heterocycles. The number of esters is 1. The van der Waals surface area contributed by atoms with E-state index in [1.807, 2.05) is 0 Å². The van der Waals surface area contributed by atoms with E-state index in [1.165, 1.54) is 13.5 Å². The fourth-order valence-electron chi connectivity index (χ4n) is 1.65. The van der Waals surface area contributed by atoms with Crippen molar-refractivity contribution in [2.24, 2.45) is 5.92 Å². The Morgan fingerprint density at radius 2 is 2.46 bits per heavy atom. The number of rotatable bonds is 4. The van der Waals surface area contributed by atoms with Crippen LogP contribution in [0.25, 0.3) is 0 Å². The lowest BCUT2D eigenvalue weighted by atomic mass is 9.98. The van der Waals surface area contributed by atoms with Gasteiger partial charge >= 0.3 is 5.97 Å². The van der Waals surface area contributed by atoms with Crippen LogP contribution < -0.4 is 5.32 Å². The molecule has 0 aromatic rings. The first-order valence-electron chi connectivity index (χ1n) is 4.66. The molecule has 0 radical (unpaired) electrons. The van der Waals surface area contributed by atoms with Gasteiger partial charge in [0.15, 0.2) is 0 Å². The summed E-state index contributed by atoms with van der Waals surface area (Å²) in [4.78, 5) is 10.9. The Kier molecular flexibility index (Phi) is 3.96. The van der Waals surface area contributed by atoms with Gasteiger partial charge < -0.3 is 10.1 Å². The summed E-state index contributed by atoms with van der Waals surface area (Å²) in [6.45, 7) is 6.03. The average molecular weight is 183 g/mol. The number of ether oxygens (including phenoxy) is 1. The van der Waals surface area contributed by atoms with Crippen molar-refractivity contribution < 1.29 is 9.53 Å². The SMILES string of the molecule is C=C(CC(=O)OC)CC1CCNC1. The fraction of sp³-hybridized carbons (Fsp3) is 0.700. The van der Waals surface area contributed by atoms with Gasteiger partial charge in [0, 0.05) is 0 Å². The van der Waals surface area contributed by atoms with Crippen molar-refractivity contribution in [3.8, 4) is 0 Å². The van der Waals surface area contributed by atoms with Gasteiger partial charge in [0.25, 0.3) is 0 Å². The number of carbonyl (C=O) groups is 1. The number of carbonyl (C=O) groups excluding carboxylic acids is 1. The summed E-state index contributed by atoms with van der Waals surface area (Å²) in [6, 6.07) is 0. The first kappa shape index (κ1) is 10.3. The molecular weight excluding hydrogens is 166 g/mol. The van der Waals surface area contributed by atoms with Crippen molar-refractivity contribution in [2.45, 2.75) is 19.3 Å². The van der Waals surface area contributed by atoms with Gasteiger partial charge in [-0.25, -0.2) is 0 Å². The first-order chi connectivity index (χ1) is 6.22. The second-order valence-corrected chi connectivity index (χ2v) is 3.57. The van der Waals surface area contributed by atoms with Crippen LogP contribution in [0.3, 0.4) is 0 Å². The Bertz CT molecular complexity index is 195. The maximum atomic E-state index is 10.9. The van der Waals surface area contributed by atoms with Gasteiger partial charge in [0.2, 0.25) is 0 Å². The van der Waals surface area contributed by atoms with E-state index in [2.05, 4.69) is 16.6 Å². The topological polar surface area (TPSA) is 38.3 Å². The molecule has 0 spiro atoms. The molecule has 1 heterocycles. The summed E-state index contributed by atoms with van der Waals surface area (Å²) >= 11 is 0. The smallest absolute Gasteiger partial charge is 0.309 e. The van der Waals surface area contributed by atoms with Gasteiger partial charge in [-0.2, -0.15) is 0 Å². The summed E-state index contributed by atoms with van der Waals surface area (Å²) in [6.07, 6.45) is 2.51. The molecule has 74 valence electrons. The molecule has 3 heteroatoms. The number of methoxy groups -OCH3 is 1. The Morgan fingerprint density at radius 1 is 1.69 bits per heavy atom. The zero-order chi connectivity index (χ0) is 9.68. The first-order valence-corrected chi connectivity index (χ1v) is 4.66. The molecule has 1 N–H and O–H groups in total. The molecule has 1 saturated heterocycles. The standard InChI is InChI=1S/C10H17NO2/c1-8(6-10(12)13-2)5-9-3-4-11-7-9/h9,11H,1,3-7H2,2H3. The third kappa shape index (κ3) is 3.59. The minimum atomic E-state index is -0.184. The van der Waals surface area contributed by atoms with Crippen LogP contribution in [-0.2, 0) is 9.53 Å². The highest BCUT2D eigenvalue weighted by atomic mass is 16.5. The molecule has 1 rings (SSSR count). The van der Waals surface area contributed by atoms with Gasteiger partial charge in [-0.3, -0.25) is 4.79 Å². The lowest BCUT2D eigenvalue weighted by Crippen LogP contribution is -2.10. The lowest BCUT2D eigenvalue weighted by molar-refractivity contribution is -0.139. The average Bonchev–Trinajstić information content (AvgIpc) is 2.56. The maximum Gasteiger partial charge on any atom is 0.309 e. The van der Waals surface area contributed by atoms with Crippen molar-refractivity contribution in [1.82, 2.24) is 5.32 Å². The van der Waals surface area contributed by atoms with Crippen LogP contribution in [0, 0.1) is 5.92 Å². The van der Waals surface area contributed by atoms with Crippen LogP contribution in [0.1, 0.15) is 19.3 Å². The molecule has 1 aliphatic rings. The van der Waals surface area contributed by atoms with Crippen LogP contribution in [-0.4, -0.2) is 26.2 Å². The summed E-state index contributed by atoms with van der Waals surface area (Å²) in [5, 5.41) is 3.29. The molecule has 0 aromatic carbocycles. The highest BCUT2D eigenvalue weighted by molar-refractivity contribution is 5.72. The quantitative estimate of drug-likeness (QED) is 0.524. The molecule has 0 aromatic heterocycles. The minimum absolute atomic E-state index is 0.184. The van der Waals surface area contributed by atoms with Crippen molar-refractivity contribution in [2.75, 3.05) is 20.2 Å². The highest BCUT2D eigenvalue weighted by Gasteiger charge is 2.16. The van der Waals surface area contributed by atoms with Crippen LogP contribution in [0.4, 0.5) is 0 Å². The van der Waals surface area contributed by atoms with E-state index < -0.39 is 0 Å². The summed E-state index contributed by atoms with van der Waals surface area (Å²) in [7, 11) is 1.41. The highest BCUT2D eigenvalue weighted by Crippen LogP contribution is 2.18. The molecule has 1 unspecified atom stereocenters. The predicted molar refractivity (Wildman–Crippen MR) is 51.4 cm³/mol. The Morgan fingerprint density at radius 3 is 3.00 bits per heavy atom. The molecule has 0 saturated carbocycles. The zero-order valence-corrected chi connectivity index (χ0v) is 8.14. The van der Waals surface area contributed by atoms with E-state index in [4.69, 9.17) is 0 Å². The second kappa shape index (κ2) is 5.02. The van der Waals surface area contributed by atoms with Gasteiger partial charge in [0.05, 0.1) is 13.5 Å². The lowest BCUT2D eigenvalue weighted by Gasteiger charge is -2.09. The predicted octanol–water partition coefficient (Wildman–Crippen LogP) is 1.11. The Balaban J connectivity index is 2.20. The van der Waals surface area contributed by atoms with E-state index in [0.717, 1.165) is 25.1 Å². The van der Waals surface area contributed by atoms with E-state index >= 15 is 0 Å². The van der Waals surface area contributed by atoms with E-state index in [9.17, 15) is 4.79 Å². The zero-order valence-electron chi connectivity index (χ0n) is 8.14. The molecule has 1 atom stereocenters. The van der Waals surface area contributed by atoms with Crippen LogP contribution in [0.5, 0.6) is 0 Å². The number of hydrogen-bond donors (Lipinski definition) is 1. The Labute approximate surface area is 79.2 Å². The van der Waals surface area contributed by atoms with E-state index in [-0.39, 0.29) is 5.97 Å². The molecule has 0 aliphatic carbocycles. The minimum Gasteiger partial charge on any atom is -0.469 e. The monoisotopic (exact) mass is 183 g/mol. The third-order valence-corrected chi connectivity index (χ3v) is 2.36. The summed E-state index contributed by atoms with van der Waals surface area (Å²) < 4.78 is 4.57. The molecular formula is C10H17NO2. The van der Waals surface area contributed by atoms with E-state index in [1.54, 1.807) is 0 Å². The van der Waals surface area contributed by atoms with Crippen molar-refractivity contribution >= 4 is 5.97 Å². The molecule has 1 fully saturated rings. The molecule has 13 heavy (non-hydrogen) atoms. The molecule has 0 amide bonds. The fourth-order valence-corrected chi connectivity index (χ4v) is 1.65. The largest absolute Gasteiger partial charge is 0.469 e.